The van der Waals surface area contributed by atoms with Crippen molar-refractivity contribution < 1.29 is 9.59 Å². The first-order chi connectivity index (χ1) is 16.9. The molecule has 0 radical (unpaired) electrons. The molecule has 0 unspecified atom stereocenters. The molecule has 5 rings (SSSR count). The third-order valence-corrected chi connectivity index (χ3v) is 8.09. The Bertz CT molecular complexity index is 1410. The lowest BCUT2D eigenvalue weighted by Gasteiger charge is -2.37. The van der Waals surface area contributed by atoms with E-state index in [0.29, 0.717) is 57.4 Å². The van der Waals surface area contributed by atoms with Crippen molar-refractivity contribution in [3.63, 3.8) is 0 Å². The van der Waals surface area contributed by atoms with Crippen molar-refractivity contribution in [2.24, 2.45) is 0 Å². The van der Waals surface area contributed by atoms with Gasteiger partial charge >= 0.3 is 0 Å². The molecular formula is C26H20Cl3N3O2S. The third kappa shape index (κ3) is 4.98. The van der Waals surface area contributed by atoms with E-state index in [2.05, 4.69) is 10.2 Å². The van der Waals surface area contributed by atoms with Crippen molar-refractivity contribution in [1.29, 1.82) is 0 Å². The maximum absolute atomic E-state index is 13.1. The van der Waals surface area contributed by atoms with Crippen LogP contribution in [0, 0.1) is 0 Å². The number of carbonyl (C=O) groups excluding carboxylic acids is 2. The van der Waals surface area contributed by atoms with Gasteiger partial charge in [0.1, 0.15) is 4.88 Å². The molecule has 9 heteroatoms. The maximum Gasteiger partial charge on any atom is 0.267 e. The van der Waals surface area contributed by atoms with Crippen molar-refractivity contribution in [3.05, 3.63) is 92.2 Å². The smallest absolute Gasteiger partial charge is 0.267 e. The number of hydrogen-bond donors (Lipinski definition) is 1. The van der Waals surface area contributed by atoms with Crippen LogP contribution in [0.15, 0.2) is 66.7 Å². The van der Waals surface area contributed by atoms with Crippen molar-refractivity contribution in [1.82, 2.24) is 4.90 Å². The molecule has 1 aliphatic rings. The summed E-state index contributed by atoms with van der Waals surface area (Å²) in [6, 6.07) is 20.0. The molecule has 35 heavy (non-hydrogen) atoms. The predicted molar refractivity (Wildman–Crippen MR) is 146 cm³/mol. The van der Waals surface area contributed by atoms with Gasteiger partial charge in [-0.1, -0.05) is 53.0 Å². The van der Waals surface area contributed by atoms with E-state index in [0.717, 1.165) is 15.8 Å². The number of anilines is 2. The number of carbonyl (C=O) groups is 2. The molecular weight excluding hydrogens is 525 g/mol. The van der Waals surface area contributed by atoms with Gasteiger partial charge in [-0.2, -0.15) is 0 Å². The largest absolute Gasteiger partial charge is 0.366 e. The summed E-state index contributed by atoms with van der Waals surface area (Å²) in [5.41, 5.74) is 2.22. The summed E-state index contributed by atoms with van der Waals surface area (Å²) in [6.07, 6.45) is 0. The Kier molecular flexibility index (Phi) is 6.89. The summed E-state index contributed by atoms with van der Waals surface area (Å²) in [5, 5.41) is 5.45. The second-order valence-corrected chi connectivity index (χ2v) is 10.4. The average Bonchev–Trinajstić information content (AvgIpc) is 3.20. The number of para-hydroxylation sites is 2. The highest BCUT2D eigenvalue weighted by molar-refractivity contribution is 7.21. The topological polar surface area (TPSA) is 52.7 Å². The first kappa shape index (κ1) is 23.9. The first-order valence-corrected chi connectivity index (χ1v) is 12.9. The number of nitrogens with one attached hydrogen (secondary N) is 1. The summed E-state index contributed by atoms with van der Waals surface area (Å²) in [6.45, 7) is 2.45. The molecule has 2 heterocycles. The van der Waals surface area contributed by atoms with Gasteiger partial charge in [0.15, 0.2) is 0 Å². The fourth-order valence-electron chi connectivity index (χ4n) is 4.14. The second kappa shape index (κ2) is 10.1. The summed E-state index contributed by atoms with van der Waals surface area (Å²) >= 11 is 19.9. The van der Waals surface area contributed by atoms with Crippen molar-refractivity contribution in [3.8, 4) is 0 Å². The van der Waals surface area contributed by atoms with E-state index in [-0.39, 0.29) is 11.8 Å². The van der Waals surface area contributed by atoms with Crippen LogP contribution in [0.5, 0.6) is 0 Å². The molecule has 1 aliphatic heterocycles. The Balaban J connectivity index is 1.30. The highest BCUT2D eigenvalue weighted by Crippen LogP contribution is 2.37. The molecule has 4 aromatic rings. The number of rotatable bonds is 4. The number of hydrogen-bond acceptors (Lipinski definition) is 4. The number of nitrogens with zero attached hydrogens (tertiary/aromatic N) is 2. The average molecular weight is 545 g/mol. The molecule has 0 spiro atoms. The predicted octanol–water partition coefficient (Wildman–Crippen LogP) is 7.08. The zero-order chi connectivity index (χ0) is 24.5. The zero-order valence-electron chi connectivity index (χ0n) is 18.4. The minimum absolute atomic E-state index is 0.0117. The van der Waals surface area contributed by atoms with E-state index < -0.39 is 0 Å². The Labute approximate surface area is 221 Å². The van der Waals surface area contributed by atoms with Crippen LogP contribution in [0.25, 0.3) is 10.1 Å². The van der Waals surface area contributed by atoms with Gasteiger partial charge in [0, 0.05) is 51.9 Å². The molecule has 0 atom stereocenters. The van der Waals surface area contributed by atoms with Crippen LogP contribution in [0.3, 0.4) is 0 Å². The molecule has 5 nitrogen and oxygen atoms in total. The summed E-state index contributed by atoms with van der Waals surface area (Å²) < 4.78 is 0.863. The van der Waals surface area contributed by atoms with Gasteiger partial charge in [-0.25, -0.2) is 0 Å². The molecule has 1 saturated heterocycles. The minimum atomic E-state index is -0.267. The summed E-state index contributed by atoms with van der Waals surface area (Å²) in [7, 11) is 0. The zero-order valence-corrected chi connectivity index (χ0v) is 21.5. The number of amides is 2. The van der Waals surface area contributed by atoms with Crippen LogP contribution >= 0.6 is 46.1 Å². The van der Waals surface area contributed by atoms with Gasteiger partial charge in [0.25, 0.3) is 11.8 Å². The Morgan fingerprint density at radius 1 is 0.829 bits per heavy atom. The molecule has 1 aromatic heterocycles. The molecule has 1 fully saturated rings. The van der Waals surface area contributed by atoms with E-state index in [1.165, 1.54) is 11.3 Å². The van der Waals surface area contributed by atoms with Crippen molar-refractivity contribution >= 4 is 79.4 Å². The van der Waals surface area contributed by atoms with Crippen LogP contribution in [0.4, 0.5) is 11.4 Å². The monoisotopic (exact) mass is 543 g/mol. The maximum atomic E-state index is 13.1. The number of benzene rings is 3. The number of piperazine rings is 1. The Morgan fingerprint density at radius 3 is 2.26 bits per heavy atom. The SMILES string of the molecule is O=C(Nc1ccccc1N1CCN(C(=O)c2ccc(Cl)cc2)CC1)c1sc2cc(Cl)ccc2c1Cl. The van der Waals surface area contributed by atoms with Crippen molar-refractivity contribution in [2.75, 3.05) is 36.4 Å². The second-order valence-electron chi connectivity index (χ2n) is 8.14. The Morgan fingerprint density at radius 2 is 1.51 bits per heavy atom. The van der Waals surface area contributed by atoms with E-state index in [9.17, 15) is 9.59 Å². The number of halogens is 3. The van der Waals surface area contributed by atoms with Gasteiger partial charge in [0.2, 0.25) is 0 Å². The lowest BCUT2D eigenvalue weighted by molar-refractivity contribution is 0.0746. The van der Waals surface area contributed by atoms with Gasteiger partial charge in [-0.05, 0) is 48.5 Å². The van der Waals surface area contributed by atoms with Gasteiger partial charge in [-0.3, -0.25) is 9.59 Å². The molecule has 0 bridgehead atoms. The molecule has 2 amide bonds. The lowest BCUT2D eigenvalue weighted by Crippen LogP contribution is -2.49. The minimum Gasteiger partial charge on any atom is -0.366 e. The van der Waals surface area contributed by atoms with Gasteiger partial charge in [-0.15, -0.1) is 11.3 Å². The molecule has 0 saturated carbocycles. The van der Waals surface area contributed by atoms with E-state index in [4.69, 9.17) is 34.8 Å². The summed E-state index contributed by atoms with van der Waals surface area (Å²) in [5.74, 6) is -0.279. The lowest BCUT2D eigenvalue weighted by atomic mass is 10.1. The number of thiophene rings is 1. The summed E-state index contributed by atoms with van der Waals surface area (Å²) in [4.78, 5) is 30.4. The van der Waals surface area contributed by atoms with Crippen molar-refractivity contribution in [2.45, 2.75) is 0 Å². The van der Waals surface area contributed by atoms with Crippen LogP contribution in [-0.2, 0) is 0 Å². The van der Waals surface area contributed by atoms with E-state index >= 15 is 0 Å². The van der Waals surface area contributed by atoms with Gasteiger partial charge in [0.05, 0.1) is 16.4 Å². The normalized spacial score (nSPS) is 13.8. The highest BCUT2D eigenvalue weighted by atomic mass is 35.5. The Hall–Kier alpha value is -2.77. The highest BCUT2D eigenvalue weighted by Gasteiger charge is 2.25. The molecule has 3 aromatic carbocycles. The fraction of sp³-hybridized carbons (Fsp3) is 0.154. The number of fused-ring (bicyclic) bond motifs is 1. The fourth-order valence-corrected chi connectivity index (χ4v) is 5.96. The first-order valence-electron chi connectivity index (χ1n) is 11.0. The van der Waals surface area contributed by atoms with Crippen LogP contribution in [0.1, 0.15) is 20.0 Å². The quantitative estimate of drug-likeness (QED) is 0.299. The molecule has 0 aliphatic carbocycles. The van der Waals surface area contributed by atoms with Gasteiger partial charge < -0.3 is 15.1 Å². The van der Waals surface area contributed by atoms with E-state index in [1.807, 2.05) is 41.3 Å². The van der Waals surface area contributed by atoms with E-state index in [1.54, 1.807) is 30.3 Å². The van der Waals surface area contributed by atoms with Crippen LogP contribution in [-0.4, -0.2) is 42.9 Å². The van der Waals surface area contributed by atoms with Crippen LogP contribution in [0.2, 0.25) is 15.1 Å². The molecule has 1 N–H and O–H groups in total. The third-order valence-electron chi connectivity index (χ3n) is 5.95. The standard InChI is InChI=1S/C26H20Cl3N3O2S/c27-17-7-5-16(6-8-17)26(34)32-13-11-31(12-14-32)21-4-2-1-3-20(21)30-25(33)24-23(29)19-10-9-18(28)15-22(19)35-24/h1-10,15H,11-14H2,(H,30,33). The van der Waals surface area contributed by atoms with Crippen LogP contribution < -0.4 is 10.2 Å². The molecule has 178 valence electrons.